The minimum Gasteiger partial charge on any atom is -0.398 e. The molecule has 5 rings (SSSR count). The number of anilines is 1. The second kappa shape index (κ2) is 11.8. The van der Waals surface area contributed by atoms with Crippen molar-refractivity contribution >= 4 is 16.7 Å². The molecule has 2 aliphatic heterocycles. The smallest absolute Gasteiger partial charge is 0.136 e. The van der Waals surface area contributed by atoms with Crippen molar-refractivity contribution in [2.75, 3.05) is 39.3 Å². The molecule has 0 amide bonds. The zero-order valence-corrected chi connectivity index (χ0v) is 20.9. The lowest BCUT2D eigenvalue weighted by molar-refractivity contribution is 0.0665. The molecule has 0 aliphatic carbocycles. The van der Waals surface area contributed by atoms with Gasteiger partial charge < -0.3 is 24.5 Å². The highest BCUT2D eigenvalue weighted by molar-refractivity contribution is 5.77. The highest BCUT2D eigenvalue weighted by Gasteiger charge is 2.21. The third-order valence-corrected chi connectivity index (χ3v) is 6.90. The van der Waals surface area contributed by atoms with E-state index in [2.05, 4.69) is 54.8 Å². The van der Waals surface area contributed by atoms with Gasteiger partial charge in [-0.3, -0.25) is 0 Å². The molecule has 2 aromatic carbocycles. The van der Waals surface area contributed by atoms with Crippen molar-refractivity contribution in [2.45, 2.75) is 58.6 Å². The second-order valence-electron chi connectivity index (χ2n) is 9.63. The van der Waals surface area contributed by atoms with Crippen LogP contribution in [0.2, 0.25) is 0 Å². The summed E-state index contributed by atoms with van der Waals surface area (Å²) in [7, 11) is 1.72. The van der Waals surface area contributed by atoms with Gasteiger partial charge in [-0.1, -0.05) is 18.2 Å². The fourth-order valence-corrected chi connectivity index (χ4v) is 5.00. The average molecular weight is 466 g/mol. The highest BCUT2D eigenvalue weighted by Crippen LogP contribution is 2.29. The van der Waals surface area contributed by atoms with Gasteiger partial charge >= 0.3 is 0 Å². The van der Waals surface area contributed by atoms with Crippen molar-refractivity contribution in [3.8, 4) is 0 Å². The van der Waals surface area contributed by atoms with Gasteiger partial charge in [-0.05, 0) is 86.8 Å². The summed E-state index contributed by atoms with van der Waals surface area (Å²) in [4.78, 5) is 4.74. The van der Waals surface area contributed by atoms with Gasteiger partial charge in [0.15, 0.2) is 0 Å². The van der Waals surface area contributed by atoms with E-state index in [0.29, 0.717) is 12.6 Å². The van der Waals surface area contributed by atoms with E-state index in [-0.39, 0.29) is 0 Å². The van der Waals surface area contributed by atoms with Crippen LogP contribution in [0.1, 0.15) is 54.2 Å². The van der Waals surface area contributed by atoms with E-state index >= 15 is 0 Å². The molecular weight excluding hydrogens is 426 g/mol. The van der Waals surface area contributed by atoms with Gasteiger partial charge in [-0.25, -0.2) is 4.98 Å². The average Bonchev–Trinajstić information content (AvgIpc) is 3.20. The topological polar surface area (TPSA) is 71.5 Å². The fraction of sp³-hybridized carbons (Fsp3) is 0.536. The number of methoxy groups -OCH3 is 1. The molecule has 3 heterocycles. The van der Waals surface area contributed by atoms with Gasteiger partial charge in [0.25, 0.3) is 0 Å². The zero-order valence-electron chi connectivity index (χ0n) is 20.9. The minimum absolute atomic E-state index is 0.478. The van der Waals surface area contributed by atoms with E-state index in [9.17, 15) is 0 Å². The first kappa shape index (κ1) is 24.7. The number of benzene rings is 2. The standard InChI is InChI=1S/C15H20N2O2.C13H19NO/c1-11-3-4-14-13(9-11)16-15(10-18-2)17(14)12-5-7-19-8-6-12;1-10-2-3-12(13(14)8-10)9-11-4-6-15-7-5-11/h3-4,9,12H,5-8,10H2,1-2H3;2-3,8,11H,4-7,9,14H2,1H3. The molecule has 3 aromatic rings. The summed E-state index contributed by atoms with van der Waals surface area (Å²) in [5.74, 6) is 1.78. The summed E-state index contributed by atoms with van der Waals surface area (Å²) >= 11 is 0. The molecular formula is C28H39N3O3. The summed E-state index contributed by atoms with van der Waals surface area (Å²) in [5.41, 5.74) is 13.0. The Hall–Kier alpha value is -2.41. The Labute approximate surface area is 203 Å². The van der Waals surface area contributed by atoms with Crippen LogP contribution in [0.5, 0.6) is 0 Å². The molecule has 2 N–H and O–H groups in total. The lowest BCUT2D eigenvalue weighted by Gasteiger charge is -2.25. The molecule has 1 aromatic heterocycles. The number of hydrogen-bond acceptors (Lipinski definition) is 5. The highest BCUT2D eigenvalue weighted by atomic mass is 16.5. The van der Waals surface area contributed by atoms with Crippen LogP contribution in [0.15, 0.2) is 36.4 Å². The number of aromatic nitrogens is 2. The molecule has 184 valence electrons. The first-order valence-corrected chi connectivity index (χ1v) is 12.5. The van der Waals surface area contributed by atoms with Crippen molar-refractivity contribution in [3.63, 3.8) is 0 Å². The summed E-state index contributed by atoms with van der Waals surface area (Å²) in [5, 5.41) is 0. The molecule has 2 saturated heterocycles. The maximum Gasteiger partial charge on any atom is 0.136 e. The molecule has 2 fully saturated rings. The second-order valence-corrected chi connectivity index (χ2v) is 9.63. The van der Waals surface area contributed by atoms with Crippen LogP contribution in [0.3, 0.4) is 0 Å². The molecule has 6 nitrogen and oxygen atoms in total. The van der Waals surface area contributed by atoms with Crippen LogP contribution in [0, 0.1) is 19.8 Å². The monoisotopic (exact) mass is 465 g/mol. The predicted octanol–water partition coefficient (Wildman–Crippen LogP) is 5.39. The van der Waals surface area contributed by atoms with Crippen molar-refractivity contribution in [3.05, 3.63) is 58.9 Å². The van der Waals surface area contributed by atoms with Crippen molar-refractivity contribution in [1.29, 1.82) is 0 Å². The molecule has 2 aliphatic rings. The van der Waals surface area contributed by atoms with Crippen LogP contribution in [-0.2, 0) is 27.2 Å². The number of nitrogens with two attached hydrogens (primary N) is 1. The molecule has 0 unspecified atom stereocenters. The SMILES string of the molecule is COCc1nc2cc(C)ccc2n1C1CCOCC1.Cc1ccc(CC2CCOCC2)c(N)c1. The summed E-state index contributed by atoms with van der Waals surface area (Å²) in [6.45, 7) is 8.24. The third-order valence-electron chi connectivity index (χ3n) is 6.90. The van der Waals surface area contributed by atoms with Gasteiger partial charge in [0.05, 0.1) is 11.0 Å². The molecule has 0 bridgehead atoms. The molecule has 6 heteroatoms. The van der Waals surface area contributed by atoms with E-state index in [1.54, 1.807) is 7.11 Å². The molecule has 0 radical (unpaired) electrons. The zero-order chi connectivity index (χ0) is 23.9. The number of hydrogen-bond donors (Lipinski definition) is 1. The quantitative estimate of drug-likeness (QED) is 0.512. The van der Waals surface area contributed by atoms with Crippen molar-refractivity contribution in [1.82, 2.24) is 9.55 Å². The maximum absolute atomic E-state index is 6.01. The number of aryl methyl sites for hydroxylation is 2. The van der Waals surface area contributed by atoms with Crippen LogP contribution in [0.25, 0.3) is 11.0 Å². The molecule has 34 heavy (non-hydrogen) atoms. The lowest BCUT2D eigenvalue weighted by Crippen LogP contribution is -2.21. The Morgan fingerprint density at radius 3 is 2.26 bits per heavy atom. The van der Waals surface area contributed by atoms with Gasteiger partial charge in [0, 0.05) is 45.3 Å². The van der Waals surface area contributed by atoms with Gasteiger partial charge in [0.2, 0.25) is 0 Å². The first-order valence-electron chi connectivity index (χ1n) is 12.5. The number of nitrogens with zero attached hydrogens (tertiary/aromatic N) is 2. The number of rotatable bonds is 5. The maximum atomic E-state index is 6.01. The number of ether oxygens (including phenoxy) is 3. The van der Waals surface area contributed by atoms with Crippen LogP contribution in [-0.4, -0.2) is 43.1 Å². The number of imidazole rings is 1. The van der Waals surface area contributed by atoms with E-state index in [1.165, 1.54) is 35.0 Å². The van der Waals surface area contributed by atoms with E-state index in [1.807, 2.05) is 0 Å². The Morgan fingerprint density at radius 1 is 0.941 bits per heavy atom. The van der Waals surface area contributed by atoms with E-state index in [4.69, 9.17) is 24.9 Å². The number of nitrogen functional groups attached to an aromatic ring is 1. The molecule has 0 saturated carbocycles. The van der Waals surface area contributed by atoms with Gasteiger partial charge in [0.1, 0.15) is 12.4 Å². The van der Waals surface area contributed by atoms with E-state index < -0.39 is 0 Å². The normalized spacial score (nSPS) is 17.5. The molecule has 0 spiro atoms. The summed E-state index contributed by atoms with van der Waals surface area (Å²) in [6.07, 6.45) is 5.56. The summed E-state index contributed by atoms with van der Waals surface area (Å²) in [6, 6.07) is 13.3. The third kappa shape index (κ3) is 6.17. The van der Waals surface area contributed by atoms with E-state index in [0.717, 1.165) is 68.6 Å². The van der Waals surface area contributed by atoms with Crippen LogP contribution < -0.4 is 5.73 Å². The van der Waals surface area contributed by atoms with Crippen molar-refractivity contribution in [2.24, 2.45) is 5.92 Å². The Morgan fingerprint density at radius 2 is 1.59 bits per heavy atom. The Bertz CT molecular complexity index is 1070. The summed E-state index contributed by atoms with van der Waals surface area (Å²) < 4.78 is 18.5. The van der Waals surface area contributed by atoms with Crippen molar-refractivity contribution < 1.29 is 14.2 Å². The van der Waals surface area contributed by atoms with Crippen LogP contribution in [0.4, 0.5) is 5.69 Å². The van der Waals surface area contributed by atoms with Gasteiger partial charge in [-0.2, -0.15) is 0 Å². The fourth-order valence-electron chi connectivity index (χ4n) is 5.00. The molecule has 0 atom stereocenters. The largest absolute Gasteiger partial charge is 0.398 e. The first-order chi connectivity index (χ1) is 16.5. The Balaban J connectivity index is 0.000000166. The lowest BCUT2D eigenvalue weighted by atomic mass is 9.91. The number of fused-ring (bicyclic) bond motifs is 1. The van der Waals surface area contributed by atoms with Gasteiger partial charge in [-0.15, -0.1) is 0 Å². The predicted molar refractivity (Wildman–Crippen MR) is 137 cm³/mol. The Kier molecular flexibility index (Phi) is 8.59. The minimum atomic E-state index is 0.478. The van der Waals surface area contributed by atoms with Crippen LogP contribution >= 0.6 is 0 Å².